The van der Waals surface area contributed by atoms with Crippen LogP contribution in [0.5, 0.6) is 0 Å². The van der Waals surface area contributed by atoms with E-state index < -0.39 is 11.4 Å². The first-order chi connectivity index (χ1) is 12.4. The van der Waals surface area contributed by atoms with Crippen molar-refractivity contribution in [1.29, 1.82) is 0 Å². The van der Waals surface area contributed by atoms with Crippen LogP contribution >= 0.6 is 11.6 Å². The lowest BCUT2D eigenvalue weighted by Gasteiger charge is -2.37. The molecule has 3 rings (SSSR count). The molecule has 26 heavy (non-hydrogen) atoms. The van der Waals surface area contributed by atoms with E-state index in [0.717, 1.165) is 5.56 Å². The van der Waals surface area contributed by atoms with Crippen molar-refractivity contribution >= 4 is 23.5 Å². The number of halogens is 1. The molecule has 1 aromatic carbocycles. The van der Waals surface area contributed by atoms with E-state index in [1.54, 1.807) is 36.1 Å². The Morgan fingerprint density at radius 1 is 1.35 bits per heavy atom. The van der Waals surface area contributed by atoms with Crippen LogP contribution in [0.2, 0.25) is 5.02 Å². The van der Waals surface area contributed by atoms with E-state index in [0.29, 0.717) is 42.5 Å². The molecule has 8 heteroatoms. The van der Waals surface area contributed by atoms with Crippen LogP contribution in [0.3, 0.4) is 0 Å². The monoisotopic (exact) mass is 377 g/mol. The van der Waals surface area contributed by atoms with Crippen molar-refractivity contribution in [2.75, 3.05) is 13.1 Å². The zero-order valence-electron chi connectivity index (χ0n) is 14.4. The van der Waals surface area contributed by atoms with Crippen molar-refractivity contribution in [3.8, 4) is 11.4 Å². The number of aryl methyl sites for hydroxylation is 1. The molecule has 2 aromatic rings. The molecule has 1 fully saturated rings. The third-order valence-corrected chi connectivity index (χ3v) is 4.94. The molecule has 1 amide bonds. The number of hydrogen-bond donors (Lipinski definition) is 1. The zero-order chi connectivity index (χ0) is 18.7. The maximum atomic E-state index is 12.4. The van der Waals surface area contributed by atoms with E-state index >= 15 is 0 Å². The number of piperidine rings is 1. The molecule has 1 atom stereocenters. The SMILES string of the molecule is CC1(C(=O)O)CCCN(C(=O)CCc2nc(-c3ccc(Cl)cc3)no2)C1. The third kappa shape index (κ3) is 4.04. The Kier molecular flexibility index (Phi) is 5.27. The fourth-order valence-electron chi connectivity index (χ4n) is 3.07. The van der Waals surface area contributed by atoms with Crippen molar-refractivity contribution in [2.45, 2.75) is 32.6 Å². The quantitative estimate of drug-likeness (QED) is 0.860. The Balaban J connectivity index is 1.58. The number of rotatable bonds is 5. The lowest BCUT2D eigenvalue weighted by molar-refractivity contribution is -0.153. The van der Waals surface area contributed by atoms with Gasteiger partial charge in [0.25, 0.3) is 0 Å². The van der Waals surface area contributed by atoms with Crippen molar-refractivity contribution in [3.63, 3.8) is 0 Å². The Bertz CT molecular complexity index is 805. The fraction of sp³-hybridized carbons (Fsp3) is 0.444. The summed E-state index contributed by atoms with van der Waals surface area (Å²) in [5.41, 5.74) is -0.0934. The van der Waals surface area contributed by atoms with E-state index in [9.17, 15) is 14.7 Å². The lowest BCUT2D eigenvalue weighted by Crippen LogP contribution is -2.48. The first-order valence-electron chi connectivity index (χ1n) is 8.47. The maximum absolute atomic E-state index is 12.4. The molecule has 1 N–H and O–H groups in total. The highest BCUT2D eigenvalue weighted by molar-refractivity contribution is 6.30. The maximum Gasteiger partial charge on any atom is 0.311 e. The van der Waals surface area contributed by atoms with E-state index in [4.69, 9.17) is 16.1 Å². The summed E-state index contributed by atoms with van der Waals surface area (Å²) >= 11 is 5.86. The van der Waals surface area contributed by atoms with Crippen molar-refractivity contribution in [3.05, 3.63) is 35.2 Å². The van der Waals surface area contributed by atoms with Crippen LogP contribution in [0, 0.1) is 5.41 Å². The number of carbonyl (C=O) groups is 2. The zero-order valence-corrected chi connectivity index (χ0v) is 15.2. The van der Waals surface area contributed by atoms with Gasteiger partial charge in [0.05, 0.1) is 5.41 Å². The molecule has 0 bridgehead atoms. The highest BCUT2D eigenvalue weighted by atomic mass is 35.5. The van der Waals surface area contributed by atoms with Crippen molar-refractivity contribution < 1.29 is 19.2 Å². The number of aromatic nitrogens is 2. The largest absolute Gasteiger partial charge is 0.481 e. The van der Waals surface area contributed by atoms with Gasteiger partial charge in [-0.15, -0.1) is 0 Å². The minimum Gasteiger partial charge on any atom is -0.481 e. The van der Waals surface area contributed by atoms with Gasteiger partial charge in [0.15, 0.2) is 0 Å². The third-order valence-electron chi connectivity index (χ3n) is 4.69. The first kappa shape index (κ1) is 18.4. The van der Waals surface area contributed by atoms with Crippen LogP contribution < -0.4 is 0 Å². The second kappa shape index (κ2) is 7.45. The normalized spacial score (nSPS) is 20.2. The number of carboxylic acid groups (broad SMARTS) is 1. The average molecular weight is 378 g/mol. The first-order valence-corrected chi connectivity index (χ1v) is 8.85. The van der Waals surface area contributed by atoms with Crippen LogP contribution in [0.25, 0.3) is 11.4 Å². The summed E-state index contributed by atoms with van der Waals surface area (Å²) in [5.74, 6) is -0.134. The van der Waals surface area contributed by atoms with E-state index in [-0.39, 0.29) is 18.9 Å². The number of amides is 1. The summed E-state index contributed by atoms with van der Waals surface area (Å²) in [4.78, 5) is 29.7. The summed E-state index contributed by atoms with van der Waals surface area (Å²) in [6.45, 7) is 2.51. The Hall–Kier alpha value is -2.41. The smallest absolute Gasteiger partial charge is 0.311 e. The summed E-state index contributed by atoms with van der Waals surface area (Å²) in [7, 11) is 0. The predicted molar refractivity (Wildman–Crippen MR) is 94.6 cm³/mol. The molecule has 0 aliphatic carbocycles. The van der Waals surface area contributed by atoms with Gasteiger partial charge in [-0.25, -0.2) is 0 Å². The van der Waals surface area contributed by atoms with Gasteiger partial charge in [0, 0.05) is 36.5 Å². The molecule has 0 spiro atoms. The van der Waals surface area contributed by atoms with Crippen LogP contribution in [0.4, 0.5) is 0 Å². The summed E-state index contributed by atoms with van der Waals surface area (Å²) in [5, 5.41) is 13.9. The van der Waals surface area contributed by atoms with Gasteiger partial charge in [-0.3, -0.25) is 9.59 Å². The number of nitrogens with zero attached hydrogens (tertiary/aromatic N) is 3. The topological polar surface area (TPSA) is 96.5 Å². The van der Waals surface area contributed by atoms with Gasteiger partial charge >= 0.3 is 5.97 Å². The molecule has 1 aliphatic heterocycles. The molecule has 2 heterocycles. The molecular weight excluding hydrogens is 358 g/mol. The number of aliphatic carboxylic acids is 1. The summed E-state index contributed by atoms with van der Waals surface area (Å²) in [6.07, 6.45) is 1.80. The Labute approximate surface area is 155 Å². The van der Waals surface area contributed by atoms with Crippen molar-refractivity contribution in [1.82, 2.24) is 15.0 Å². The van der Waals surface area contributed by atoms with Crippen LogP contribution in [-0.4, -0.2) is 45.1 Å². The van der Waals surface area contributed by atoms with Crippen LogP contribution in [0.15, 0.2) is 28.8 Å². The second-order valence-electron chi connectivity index (χ2n) is 6.80. The number of hydrogen-bond acceptors (Lipinski definition) is 5. The minimum absolute atomic E-state index is 0.0941. The van der Waals surface area contributed by atoms with Gasteiger partial charge in [-0.05, 0) is 44.0 Å². The van der Waals surface area contributed by atoms with E-state index in [1.165, 1.54) is 0 Å². The van der Waals surface area contributed by atoms with E-state index in [1.807, 2.05) is 0 Å². The van der Waals surface area contributed by atoms with Gasteiger partial charge in [-0.1, -0.05) is 16.8 Å². The number of benzene rings is 1. The molecule has 0 radical (unpaired) electrons. The molecule has 138 valence electrons. The van der Waals surface area contributed by atoms with E-state index in [2.05, 4.69) is 10.1 Å². The van der Waals surface area contributed by atoms with Gasteiger partial charge in [0.1, 0.15) is 0 Å². The highest BCUT2D eigenvalue weighted by Crippen LogP contribution is 2.30. The molecule has 1 unspecified atom stereocenters. The Morgan fingerprint density at radius 2 is 2.08 bits per heavy atom. The van der Waals surface area contributed by atoms with Crippen LogP contribution in [0.1, 0.15) is 32.1 Å². The molecular formula is C18H20ClN3O4. The van der Waals surface area contributed by atoms with Crippen LogP contribution in [-0.2, 0) is 16.0 Å². The average Bonchev–Trinajstić information content (AvgIpc) is 3.09. The lowest BCUT2D eigenvalue weighted by atomic mass is 9.82. The molecule has 1 aliphatic rings. The molecule has 0 saturated carbocycles. The predicted octanol–water partition coefficient (Wildman–Crippen LogP) is 3.04. The highest BCUT2D eigenvalue weighted by Gasteiger charge is 2.39. The molecule has 7 nitrogen and oxygen atoms in total. The summed E-state index contributed by atoms with van der Waals surface area (Å²) < 4.78 is 5.21. The fourth-order valence-corrected chi connectivity index (χ4v) is 3.20. The second-order valence-corrected chi connectivity index (χ2v) is 7.24. The minimum atomic E-state index is -0.875. The number of likely N-dealkylation sites (tertiary alicyclic amines) is 1. The standard InChI is InChI=1S/C18H20ClN3O4/c1-18(17(24)25)9-2-10-22(11-18)15(23)8-7-14-20-16(21-26-14)12-3-5-13(19)6-4-12/h3-6H,2,7-11H2,1H3,(H,24,25). The van der Waals surface area contributed by atoms with Gasteiger partial charge in [-0.2, -0.15) is 4.98 Å². The number of carboxylic acids is 1. The number of carbonyl (C=O) groups excluding carboxylic acids is 1. The molecule has 1 aromatic heterocycles. The Morgan fingerprint density at radius 3 is 2.77 bits per heavy atom. The van der Waals surface area contributed by atoms with Crippen molar-refractivity contribution in [2.24, 2.45) is 5.41 Å². The van der Waals surface area contributed by atoms with Gasteiger partial charge in [0.2, 0.25) is 17.6 Å². The van der Waals surface area contributed by atoms with Gasteiger partial charge < -0.3 is 14.5 Å². The summed E-state index contributed by atoms with van der Waals surface area (Å²) in [6, 6.07) is 7.07. The molecule has 1 saturated heterocycles.